The fourth-order valence-electron chi connectivity index (χ4n) is 4.24. The standard InChI is InChI=1S/C31H31F6N3O3/c1-4-9-23(26(31(35,36)37)16-20(3)30(32,33)34)19-40(29-38-17-21(5-2)18-39-29)14-8-15-43-27-24-11-7-6-10-22(24)12-13-25(27)28(41)42/h4,6-7,9-13,16-18,20H,1,5,8,14-15,19H2,2-3H3,(H,41,42)/b23-9-,26-16+. The van der Waals surface area contributed by atoms with Crippen LogP contribution in [0.4, 0.5) is 32.3 Å². The average molecular weight is 608 g/mol. The molecule has 1 aromatic heterocycles. The van der Waals surface area contributed by atoms with Gasteiger partial charge in [-0.05, 0) is 35.4 Å². The van der Waals surface area contributed by atoms with Crippen molar-refractivity contribution < 1.29 is 41.0 Å². The van der Waals surface area contributed by atoms with Gasteiger partial charge >= 0.3 is 18.3 Å². The second-order valence-electron chi connectivity index (χ2n) is 9.67. The quantitative estimate of drug-likeness (QED) is 0.121. The summed E-state index contributed by atoms with van der Waals surface area (Å²) >= 11 is 0. The first-order chi connectivity index (χ1) is 20.3. The number of hydrogen-bond donors (Lipinski definition) is 1. The Morgan fingerprint density at radius 2 is 1.77 bits per heavy atom. The second kappa shape index (κ2) is 14.2. The van der Waals surface area contributed by atoms with Crippen LogP contribution < -0.4 is 9.64 Å². The molecule has 0 aliphatic rings. The third kappa shape index (κ3) is 8.82. The molecule has 2 aromatic carbocycles. The Balaban J connectivity index is 1.92. The van der Waals surface area contributed by atoms with Crippen molar-refractivity contribution in [2.75, 3.05) is 24.6 Å². The molecule has 43 heavy (non-hydrogen) atoms. The fourth-order valence-corrected chi connectivity index (χ4v) is 4.24. The van der Waals surface area contributed by atoms with Gasteiger partial charge in [0.15, 0.2) is 0 Å². The van der Waals surface area contributed by atoms with E-state index in [0.29, 0.717) is 18.7 Å². The lowest BCUT2D eigenvalue weighted by Crippen LogP contribution is -2.32. The molecule has 0 saturated carbocycles. The van der Waals surface area contributed by atoms with E-state index in [-0.39, 0.29) is 42.9 Å². The summed E-state index contributed by atoms with van der Waals surface area (Å²) in [6, 6.07) is 10.1. The van der Waals surface area contributed by atoms with Crippen molar-refractivity contribution in [3.05, 3.63) is 95.9 Å². The first kappa shape index (κ1) is 33.2. The van der Waals surface area contributed by atoms with Gasteiger partial charge in [0.2, 0.25) is 5.95 Å². The lowest BCUT2D eigenvalue weighted by molar-refractivity contribution is -0.157. The largest absolute Gasteiger partial charge is 0.492 e. The van der Waals surface area contributed by atoms with Gasteiger partial charge in [0.25, 0.3) is 0 Å². The molecule has 0 bridgehead atoms. The highest BCUT2D eigenvalue weighted by Crippen LogP contribution is 2.37. The number of benzene rings is 2. The lowest BCUT2D eigenvalue weighted by atomic mass is 9.98. The Labute approximate surface area is 245 Å². The van der Waals surface area contributed by atoms with E-state index in [1.165, 1.54) is 23.4 Å². The highest BCUT2D eigenvalue weighted by atomic mass is 19.4. The van der Waals surface area contributed by atoms with Gasteiger partial charge in [0, 0.05) is 30.9 Å². The molecular formula is C31H31F6N3O3. The molecule has 1 heterocycles. The second-order valence-corrected chi connectivity index (χ2v) is 9.67. The monoisotopic (exact) mass is 607 g/mol. The van der Waals surface area contributed by atoms with E-state index in [1.807, 2.05) is 6.92 Å². The van der Waals surface area contributed by atoms with Gasteiger partial charge in [0.1, 0.15) is 11.3 Å². The highest BCUT2D eigenvalue weighted by molar-refractivity contribution is 6.00. The summed E-state index contributed by atoms with van der Waals surface area (Å²) in [5.74, 6) is -3.33. The van der Waals surface area contributed by atoms with Crippen molar-refractivity contribution in [1.29, 1.82) is 0 Å². The molecule has 0 radical (unpaired) electrons. The van der Waals surface area contributed by atoms with Gasteiger partial charge < -0.3 is 14.7 Å². The van der Waals surface area contributed by atoms with Crippen LogP contribution in [0.2, 0.25) is 0 Å². The van der Waals surface area contributed by atoms with Crippen LogP contribution in [-0.4, -0.2) is 53.1 Å². The Kier molecular flexibility index (Phi) is 11.0. The number of rotatable bonds is 13. The van der Waals surface area contributed by atoms with Crippen LogP contribution in [0.3, 0.4) is 0 Å². The molecule has 0 fully saturated rings. The number of aromatic nitrogens is 2. The smallest absolute Gasteiger partial charge is 0.416 e. The highest BCUT2D eigenvalue weighted by Gasteiger charge is 2.41. The molecule has 1 N–H and O–H groups in total. The van der Waals surface area contributed by atoms with E-state index in [9.17, 15) is 36.2 Å². The Morgan fingerprint density at radius 3 is 2.35 bits per heavy atom. The van der Waals surface area contributed by atoms with E-state index < -0.39 is 41.9 Å². The zero-order chi connectivity index (χ0) is 31.8. The van der Waals surface area contributed by atoms with Crippen molar-refractivity contribution in [2.24, 2.45) is 5.92 Å². The Hall–Kier alpha value is -4.35. The molecule has 0 aliphatic heterocycles. The van der Waals surface area contributed by atoms with Gasteiger partial charge in [-0.25, -0.2) is 14.8 Å². The van der Waals surface area contributed by atoms with Crippen LogP contribution in [0.5, 0.6) is 5.75 Å². The number of nitrogens with zero attached hydrogens (tertiary/aromatic N) is 3. The number of alkyl halides is 6. The lowest BCUT2D eigenvalue weighted by Gasteiger charge is -2.27. The number of carbonyl (C=O) groups is 1. The van der Waals surface area contributed by atoms with Crippen molar-refractivity contribution in [3.63, 3.8) is 0 Å². The number of hydrogen-bond acceptors (Lipinski definition) is 5. The van der Waals surface area contributed by atoms with E-state index >= 15 is 0 Å². The van der Waals surface area contributed by atoms with Crippen LogP contribution in [0.15, 0.2) is 84.7 Å². The van der Waals surface area contributed by atoms with Crippen LogP contribution in [0, 0.1) is 5.92 Å². The summed E-state index contributed by atoms with van der Waals surface area (Å²) in [7, 11) is 0. The molecule has 0 saturated heterocycles. The zero-order valence-corrected chi connectivity index (χ0v) is 23.5. The van der Waals surface area contributed by atoms with Crippen molar-refractivity contribution in [3.8, 4) is 5.75 Å². The molecule has 0 spiro atoms. The molecule has 1 unspecified atom stereocenters. The Morgan fingerprint density at radius 1 is 1.09 bits per heavy atom. The number of ether oxygens (including phenoxy) is 1. The topological polar surface area (TPSA) is 75.5 Å². The Bertz CT molecular complexity index is 1480. The summed E-state index contributed by atoms with van der Waals surface area (Å²) < 4.78 is 87.9. The molecule has 0 amide bonds. The summed E-state index contributed by atoms with van der Waals surface area (Å²) in [4.78, 5) is 21.7. The summed E-state index contributed by atoms with van der Waals surface area (Å²) in [5.41, 5.74) is -1.17. The summed E-state index contributed by atoms with van der Waals surface area (Å²) in [6.07, 6.45) is -3.87. The first-order valence-electron chi connectivity index (χ1n) is 13.4. The van der Waals surface area contributed by atoms with Crippen molar-refractivity contribution >= 4 is 22.7 Å². The normalized spacial score (nSPS) is 13.6. The number of aryl methyl sites for hydroxylation is 1. The third-order valence-corrected chi connectivity index (χ3v) is 6.58. The van der Waals surface area contributed by atoms with Gasteiger partial charge in [-0.2, -0.15) is 26.3 Å². The number of fused-ring (bicyclic) bond motifs is 1. The van der Waals surface area contributed by atoms with E-state index in [0.717, 1.165) is 23.1 Å². The maximum atomic E-state index is 14.1. The summed E-state index contributed by atoms with van der Waals surface area (Å²) in [6.45, 7) is 5.49. The van der Waals surface area contributed by atoms with Crippen molar-refractivity contribution in [2.45, 2.75) is 39.0 Å². The SMILES string of the molecule is C=C/C=C(CN(CCCOc1c(C(=O)O)ccc2ccccc12)c1ncc(CC)cn1)\C(=C/C(C)C(F)(F)F)C(F)(F)F. The average Bonchev–Trinajstić information content (AvgIpc) is 2.95. The predicted molar refractivity (Wildman–Crippen MR) is 152 cm³/mol. The van der Waals surface area contributed by atoms with Gasteiger partial charge in [-0.1, -0.05) is 69.0 Å². The molecule has 1 atom stereocenters. The van der Waals surface area contributed by atoms with Crippen LogP contribution >= 0.6 is 0 Å². The van der Waals surface area contributed by atoms with Crippen LogP contribution in [0.25, 0.3) is 10.8 Å². The first-order valence-corrected chi connectivity index (χ1v) is 13.4. The third-order valence-electron chi connectivity index (χ3n) is 6.58. The minimum absolute atomic E-state index is 0.0224. The number of halogens is 6. The van der Waals surface area contributed by atoms with Gasteiger partial charge in [-0.15, -0.1) is 0 Å². The van der Waals surface area contributed by atoms with Crippen molar-refractivity contribution in [1.82, 2.24) is 9.97 Å². The number of aromatic carboxylic acids is 1. The molecule has 6 nitrogen and oxygen atoms in total. The van der Waals surface area contributed by atoms with E-state index in [2.05, 4.69) is 16.5 Å². The maximum absolute atomic E-state index is 14.1. The molecule has 12 heteroatoms. The molecule has 230 valence electrons. The number of carboxylic acid groups (broad SMARTS) is 1. The minimum atomic E-state index is -5.09. The van der Waals surface area contributed by atoms with Gasteiger partial charge in [-0.3, -0.25) is 0 Å². The van der Waals surface area contributed by atoms with E-state index in [1.54, 1.807) is 30.3 Å². The zero-order valence-electron chi connectivity index (χ0n) is 23.5. The van der Waals surface area contributed by atoms with Crippen LogP contribution in [0.1, 0.15) is 36.2 Å². The number of allylic oxidation sites excluding steroid dienone is 3. The molecule has 0 aliphatic carbocycles. The molecule has 3 aromatic rings. The van der Waals surface area contributed by atoms with E-state index in [4.69, 9.17) is 4.74 Å². The maximum Gasteiger partial charge on any atom is 0.416 e. The number of carboxylic acids is 1. The molecular weight excluding hydrogens is 576 g/mol. The van der Waals surface area contributed by atoms with Gasteiger partial charge in [0.05, 0.1) is 18.1 Å². The fraction of sp³-hybridized carbons (Fsp3) is 0.323. The molecule has 3 rings (SSSR count). The predicted octanol–water partition coefficient (Wildman–Crippen LogP) is 7.97. The van der Waals surface area contributed by atoms with Crippen LogP contribution in [-0.2, 0) is 6.42 Å². The number of anilines is 1. The minimum Gasteiger partial charge on any atom is -0.492 e. The summed E-state index contributed by atoms with van der Waals surface area (Å²) in [5, 5.41) is 11.0.